The predicted octanol–water partition coefficient (Wildman–Crippen LogP) is 5.02. The zero-order valence-corrected chi connectivity index (χ0v) is 23.0. The van der Waals surface area contributed by atoms with Gasteiger partial charge in [0.1, 0.15) is 12.9 Å². The van der Waals surface area contributed by atoms with Crippen molar-refractivity contribution >= 4 is 24.0 Å². The number of rotatable bonds is 5. The van der Waals surface area contributed by atoms with Crippen LogP contribution >= 0.6 is 0 Å². The molecule has 2 unspecified atom stereocenters. The molecule has 3 heterocycles. The minimum Gasteiger partial charge on any atom is -0.445 e. The third-order valence-electron chi connectivity index (χ3n) is 7.00. The number of primary amides is 1. The van der Waals surface area contributed by atoms with Gasteiger partial charge < -0.3 is 24.9 Å². The molecule has 0 spiro atoms. The molecule has 0 saturated carbocycles. The monoisotopic (exact) mass is 562 g/mol. The van der Waals surface area contributed by atoms with Crippen LogP contribution in [-0.4, -0.2) is 41.5 Å². The van der Waals surface area contributed by atoms with E-state index in [4.69, 9.17) is 15.7 Å². The molecule has 4 atom stereocenters. The first-order valence-corrected chi connectivity index (χ1v) is 12.6. The standard InChI is InChI=1S/C19H19F3N2O3.C7H8N2O2.C2H6/c1-17-6-7-18(2,27-17)15(14(17)10-25)16(26)24(3)12-5-4-11(9-23)13(8-12)19(20,21)22;8-7(10)11-5-6-1-3-9-4-2-6;1-2/h4-5,8,10,14-15H,6-7H2,1-3H3;1-4H,5H2,(H2,8,10);1-2H3/t14-,15-,17?,18?;;/m1../s1. The van der Waals surface area contributed by atoms with Crippen molar-refractivity contribution in [1.82, 2.24) is 4.98 Å². The van der Waals surface area contributed by atoms with E-state index in [9.17, 15) is 27.6 Å². The van der Waals surface area contributed by atoms with Crippen molar-refractivity contribution < 1.29 is 37.0 Å². The Morgan fingerprint density at radius 2 is 1.80 bits per heavy atom. The molecule has 2 aromatic rings. The number of halogens is 3. The van der Waals surface area contributed by atoms with Crippen LogP contribution < -0.4 is 10.6 Å². The average molecular weight is 563 g/mol. The zero-order chi connectivity index (χ0) is 30.3. The minimum absolute atomic E-state index is 0.00694. The molecule has 1 aromatic carbocycles. The highest BCUT2D eigenvalue weighted by molar-refractivity contribution is 5.97. The number of pyridine rings is 1. The third kappa shape index (κ3) is 6.96. The lowest BCUT2D eigenvalue weighted by molar-refractivity contribution is -0.138. The van der Waals surface area contributed by atoms with Crippen molar-refractivity contribution in [2.75, 3.05) is 11.9 Å². The highest BCUT2D eigenvalue weighted by atomic mass is 19.4. The first kappa shape index (κ1) is 32.2. The molecule has 0 aliphatic carbocycles. The number of ether oxygens (including phenoxy) is 2. The summed E-state index contributed by atoms with van der Waals surface area (Å²) in [6.45, 7) is 7.75. The highest BCUT2D eigenvalue weighted by Crippen LogP contribution is 2.57. The van der Waals surface area contributed by atoms with Gasteiger partial charge in [-0.15, -0.1) is 0 Å². The second-order valence-corrected chi connectivity index (χ2v) is 9.57. The van der Waals surface area contributed by atoms with Crippen LogP contribution in [0.4, 0.5) is 23.7 Å². The average Bonchev–Trinajstić information content (AvgIpc) is 3.38. The van der Waals surface area contributed by atoms with E-state index in [-0.39, 0.29) is 12.3 Å². The fraction of sp³-hybridized carbons (Fsp3) is 0.464. The number of alkyl halides is 3. The summed E-state index contributed by atoms with van der Waals surface area (Å²) in [7, 11) is 1.36. The maximum absolute atomic E-state index is 13.2. The first-order chi connectivity index (χ1) is 18.8. The third-order valence-corrected chi connectivity index (χ3v) is 7.00. The SMILES string of the molecule is CC.CN(C(=O)[C@H]1[C@@H](C=O)C2(C)CCC1(C)O2)c1ccc(C#N)c(C(F)(F)F)c1.NC(=O)OCc1ccncc1. The van der Waals surface area contributed by atoms with Gasteiger partial charge in [-0.25, -0.2) is 4.79 Å². The summed E-state index contributed by atoms with van der Waals surface area (Å²) in [5.41, 5.74) is 2.47. The Morgan fingerprint density at radius 3 is 2.33 bits per heavy atom. The topological polar surface area (TPSA) is 136 Å². The molecule has 1 aromatic heterocycles. The molecule has 12 heteroatoms. The molecule has 2 saturated heterocycles. The molecule has 2 N–H and O–H groups in total. The quantitative estimate of drug-likeness (QED) is 0.506. The Kier molecular flexibility index (Phi) is 10.4. The smallest absolute Gasteiger partial charge is 0.417 e. The van der Waals surface area contributed by atoms with Gasteiger partial charge in [0.25, 0.3) is 0 Å². The first-order valence-electron chi connectivity index (χ1n) is 12.6. The Morgan fingerprint density at radius 1 is 1.20 bits per heavy atom. The number of nitrogens with two attached hydrogens (primary N) is 1. The van der Waals surface area contributed by atoms with Gasteiger partial charge in [-0.3, -0.25) is 9.78 Å². The highest BCUT2D eigenvalue weighted by Gasteiger charge is 2.65. The van der Waals surface area contributed by atoms with Crippen LogP contribution in [0, 0.1) is 23.2 Å². The summed E-state index contributed by atoms with van der Waals surface area (Å²) in [6.07, 6.45) is -0.276. The van der Waals surface area contributed by atoms with Crippen LogP contribution in [0.25, 0.3) is 0 Å². The van der Waals surface area contributed by atoms with E-state index in [0.717, 1.165) is 22.6 Å². The molecule has 9 nitrogen and oxygen atoms in total. The number of carbonyl (C=O) groups excluding carboxylic acids is 3. The number of aromatic nitrogens is 1. The van der Waals surface area contributed by atoms with Gasteiger partial charge in [0, 0.05) is 25.1 Å². The number of nitriles is 1. The van der Waals surface area contributed by atoms with Crippen molar-refractivity contribution in [2.24, 2.45) is 17.6 Å². The van der Waals surface area contributed by atoms with E-state index in [0.29, 0.717) is 19.1 Å². The Hall–Kier alpha value is -3.98. The van der Waals surface area contributed by atoms with Crippen molar-refractivity contribution in [3.8, 4) is 6.07 Å². The normalized spacial score (nSPS) is 24.4. The van der Waals surface area contributed by atoms with Crippen LogP contribution in [-0.2, 0) is 31.8 Å². The van der Waals surface area contributed by atoms with Crippen molar-refractivity contribution in [1.29, 1.82) is 5.26 Å². The molecule has 2 fully saturated rings. The summed E-state index contributed by atoms with van der Waals surface area (Å²) in [5.74, 6) is -1.91. The number of hydrogen-bond donors (Lipinski definition) is 1. The van der Waals surface area contributed by atoms with Crippen molar-refractivity contribution in [2.45, 2.75) is 64.5 Å². The fourth-order valence-corrected chi connectivity index (χ4v) is 5.00. The van der Waals surface area contributed by atoms with E-state index in [1.165, 1.54) is 19.2 Å². The number of amides is 2. The number of nitrogens with zero attached hydrogens (tertiary/aromatic N) is 3. The molecule has 4 rings (SSSR count). The van der Waals surface area contributed by atoms with Gasteiger partial charge in [0.15, 0.2) is 0 Å². The van der Waals surface area contributed by atoms with E-state index in [2.05, 4.69) is 9.72 Å². The Bertz CT molecular complexity index is 1250. The van der Waals surface area contributed by atoms with Crippen LogP contribution in [0.1, 0.15) is 57.2 Å². The number of hydrogen-bond acceptors (Lipinski definition) is 7. The maximum Gasteiger partial charge on any atom is 0.417 e. The largest absolute Gasteiger partial charge is 0.445 e. The van der Waals surface area contributed by atoms with Gasteiger partial charge in [0.05, 0.1) is 40.2 Å². The molecule has 216 valence electrons. The molecule has 2 aliphatic heterocycles. The Balaban J connectivity index is 0.000000360. The van der Waals surface area contributed by atoms with Crippen LogP contribution in [0.15, 0.2) is 42.7 Å². The van der Waals surface area contributed by atoms with Gasteiger partial charge in [0.2, 0.25) is 5.91 Å². The maximum atomic E-state index is 13.2. The molecule has 40 heavy (non-hydrogen) atoms. The van der Waals surface area contributed by atoms with Crippen LogP contribution in [0.2, 0.25) is 0 Å². The van der Waals surface area contributed by atoms with Crippen molar-refractivity contribution in [3.63, 3.8) is 0 Å². The molecular weight excluding hydrogens is 529 g/mol. The lowest BCUT2D eigenvalue weighted by Crippen LogP contribution is -2.49. The van der Waals surface area contributed by atoms with Gasteiger partial charge >= 0.3 is 12.3 Å². The molecular formula is C28H33F3N4O5. The van der Waals surface area contributed by atoms with E-state index < -0.39 is 52.3 Å². The molecule has 2 amide bonds. The lowest BCUT2D eigenvalue weighted by Gasteiger charge is -2.35. The van der Waals surface area contributed by atoms with Gasteiger partial charge in [-0.1, -0.05) is 13.8 Å². The van der Waals surface area contributed by atoms with E-state index >= 15 is 0 Å². The summed E-state index contributed by atoms with van der Waals surface area (Å²) in [6, 6.07) is 8.13. The van der Waals surface area contributed by atoms with E-state index in [1.807, 2.05) is 13.8 Å². The van der Waals surface area contributed by atoms with Crippen molar-refractivity contribution in [3.05, 3.63) is 59.4 Å². The van der Waals surface area contributed by atoms with Gasteiger partial charge in [-0.2, -0.15) is 18.4 Å². The molecule has 0 radical (unpaired) electrons. The number of carbonyl (C=O) groups is 3. The number of anilines is 1. The van der Waals surface area contributed by atoms with Crippen LogP contribution in [0.3, 0.4) is 0 Å². The molecule has 2 bridgehead atoms. The summed E-state index contributed by atoms with van der Waals surface area (Å²) < 4.78 is 50.2. The van der Waals surface area contributed by atoms with Crippen LogP contribution in [0.5, 0.6) is 0 Å². The van der Waals surface area contributed by atoms with E-state index in [1.54, 1.807) is 38.4 Å². The fourth-order valence-electron chi connectivity index (χ4n) is 5.00. The number of aldehydes is 1. The summed E-state index contributed by atoms with van der Waals surface area (Å²) >= 11 is 0. The zero-order valence-electron chi connectivity index (χ0n) is 23.0. The summed E-state index contributed by atoms with van der Waals surface area (Å²) in [5, 5.41) is 8.91. The number of benzene rings is 1. The Labute approximate surface area is 231 Å². The predicted molar refractivity (Wildman–Crippen MR) is 140 cm³/mol. The van der Waals surface area contributed by atoms with Gasteiger partial charge in [-0.05, 0) is 62.6 Å². The summed E-state index contributed by atoms with van der Waals surface area (Å²) in [4.78, 5) is 39.8. The minimum atomic E-state index is -4.72. The second kappa shape index (κ2) is 12.9. The number of fused-ring (bicyclic) bond motifs is 2. The lowest BCUT2D eigenvalue weighted by atomic mass is 9.67. The second-order valence-electron chi connectivity index (χ2n) is 9.57. The molecule has 2 aliphatic rings.